The number of benzene rings is 1. The number of aromatic amines is 1. The standard InChI is InChI=1S/C20H15F3N4OS/c1-9-7-13(10(2)29-9)17-16-15(11-3-5-12(6-4-11)20(21,22)23)14(8-24)18(25)28-19(16)27-26-17/h3-7,15H,25H2,1-2H3,(H,26,27)/t15-/m0/s1. The molecular weight excluding hydrogens is 401 g/mol. The van der Waals surface area contributed by atoms with Gasteiger partial charge in [0, 0.05) is 15.3 Å². The van der Waals surface area contributed by atoms with E-state index in [-0.39, 0.29) is 17.3 Å². The Morgan fingerprint density at radius 2 is 1.93 bits per heavy atom. The number of rotatable bonds is 2. The Hall–Kier alpha value is -3.25. The fourth-order valence-electron chi connectivity index (χ4n) is 3.53. The van der Waals surface area contributed by atoms with Crippen LogP contribution in [-0.2, 0) is 6.18 Å². The Labute approximate surface area is 168 Å². The van der Waals surface area contributed by atoms with Gasteiger partial charge < -0.3 is 10.5 Å². The summed E-state index contributed by atoms with van der Waals surface area (Å²) in [6, 6.07) is 8.74. The number of H-pyrrole nitrogens is 1. The SMILES string of the molecule is Cc1cc(-c2[nH]nc3c2[C@@H](c2ccc(C(F)(F)F)cc2)C(C#N)=C(N)O3)c(C)s1. The molecule has 1 aromatic carbocycles. The number of alkyl halides is 3. The third kappa shape index (κ3) is 3.15. The number of nitrogens with zero attached hydrogens (tertiary/aromatic N) is 2. The predicted octanol–water partition coefficient (Wildman–Crippen LogP) is 4.99. The summed E-state index contributed by atoms with van der Waals surface area (Å²) in [4.78, 5) is 2.14. The molecule has 2 aromatic heterocycles. The van der Waals surface area contributed by atoms with E-state index in [0.717, 1.165) is 27.5 Å². The van der Waals surface area contributed by atoms with Crippen molar-refractivity contribution in [2.75, 3.05) is 0 Å². The summed E-state index contributed by atoms with van der Waals surface area (Å²) >= 11 is 1.61. The number of fused-ring (bicyclic) bond motifs is 1. The fraction of sp³-hybridized carbons (Fsp3) is 0.200. The molecule has 0 spiro atoms. The monoisotopic (exact) mass is 416 g/mol. The first-order valence-corrected chi connectivity index (χ1v) is 9.42. The van der Waals surface area contributed by atoms with Crippen LogP contribution in [0.5, 0.6) is 5.88 Å². The molecule has 0 amide bonds. The molecule has 0 unspecified atom stereocenters. The molecule has 148 valence electrons. The molecule has 3 aromatic rings. The van der Waals surface area contributed by atoms with Crippen LogP contribution >= 0.6 is 11.3 Å². The summed E-state index contributed by atoms with van der Waals surface area (Å²) in [6.07, 6.45) is -4.45. The lowest BCUT2D eigenvalue weighted by molar-refractivity contribution is -0.137. The third-order valence-electron chi connectivity index (χ3n) is 4.82. The van der Waals surface area contributed by atoms with Crippen molar-refractivity contribution >= 4 is 11.3 Å². The second-order valence-electron chi connectivity index (χ2n) is 6.69. The summed E-state index contributed by atoms with van der Waals surface area (Å²) in [5, 5.41) is 16.8. The van der Waals surface area contributed by atoms with E-state index in [1.165, 1.54) is 12.1 Å². The Bertz CT molecular complexity index is 1170. The van der Waals surface area contributed by atoms with E-state index in [1.807, 2.05) is 26.0 Å². The van der Waals surface area contributed by atoms with Crippen molar-refractivity contribution in [2.24, 2.45) is 5.73 Å². The molecule has 0 aliphatic carbocycles. The van der Waals surface area contributed by atoms with Crippen molar-refractivity contribution in [1.29, 1.82) is 5.26 Å². The molecule has 3 heterocycles. The molecule has 4 rings (SSSR count). The highest BCUT2D eigenvalue weighted by molar-refractivity contribution is 7.12. The van der Waals surface area contributed by atoms with Crippen LogP contribution in [-0.4, -0.2) is 10.2 Å². The van der Waals surface area contributed by atoms with Gasteiger partial charge in [-0.25, -0.2) is 0 Å². The molecule has 1 aliphatic rings. The highest BCUT2D eigenvalue weighted by Crippen LogP contribution is 2.47. The van der Waals surface area contributed by atoms with Gasteiger partial charge in [-0.05, 0) is 37.6 Å². The average molecular weight is 416 g/mol. The number of ether oxygens (including phenoxy) is 1. The highest BCUT2D eigenvalue weighted by Gasteiger charge is 2.37. The fourth-order valence-corrected chi connectivity index (χ4v) is 4.46. The average Bonchev–Trinajstić information content (AvgIpc) is 3.21. The summed E-state index contributed by atoms with van der Waals surface area (Å²) in [6.45, 7) is 3.94. The zero-order valence-corrected chi connectivity index (χ0v) is 16.2. The van der Waals surface area contributed by atoms with Gasteiger partial charge in [-0.3, -0.25) is 5.10 Å². The second-order valence-corrected chi connectivity index (χ2v) is 8.15. The molecule has 29 heavy (non-hydrogen) atoms. The molecule has 1 aliphatic heterocycles. The van der Waals surface area contributed by atoms with Crippen molar-refractivity contribution in [2.45, 2.75) is 25.9 Å². The topological polar surface area (TPSA) is 87.7 Å². The molecule has 0 saturated carbocycles. The number of thiophene rings is 1. The maximum Gasteiger partial charge on any atom is 0.416 e. The molecule has 3 N–H and O–H groups in total. The summed E-state index contributed by atoms with van der Waals surface area (Å²) in [5.41, 5.74) is 7.92. The largest absolute Gasteiger partial charge is 0.420 e. The van der Waals surface area contributed by atoms with E-state index >= 15 is 0 Å². The van der Waals surface area contributed by atoms with Crippen LogP contribution < -0.4 is 10.5 Å². The van der Waals surface area contributed by atoms with Crippen LogP contribution in [0.25, 0.3) is 11.3 Å². The Morgan fingerprint density at radius 1 is 1.24 bits per heavy atom. The number of aryl methyl sites for hydroxylation is 2. The van der Waals surface area contributed by atoms with Gasteiger partial charge in [-0.1, -0.05) is 12.1 Å². The van der Waals surface area contributed by atoms with Crippen molar-refractivity contribution in [3.05, 3.63) is 68.2 Å². The third-order valence-corrected chi connectivity index (χ3v) is 5.79. The van der Waals surface area contributed by atoms with E-state index in [1.54, 1.807) is 11.3 Å². The van der Waals surface area contributed by atoms with Gasteiger partial charge in [-0.2, -0.15) is 18.4 Å². The molecule has 0 saturated heterocycles. The predicted molar refractivity (Wildman–Crippen MR) is 102 cm³/mol. The molecule has 0 fully saturated rings. The van der Waals surface area contributed by atoms with Gasteiger partial charge in [0.2, 0.25) is 11.8 Å². The Balaban J connectivity index is 1.91. The molecule has 0 bridgehead atoms. The number of hydrogen-bond donors (Lipinski definition) is 2. The van der Waals surface area contributed by atoms with Crippen LogP contribution in [0.15, 0.2) is 41.8 Å². The highest BCUT2D eigenvalue weighted by atomic mass is 32.1. The van der Waals surface area contributed by atoms with Crippen molar-refractivity contribution in [3.63, 3.8) is 0 Å². The normalized spacial score (nSPS) is 16.3. The smallest absolute Gasteiger partial charge is 0.416 e. The van der Waals surface area contributed by atoms with E-state index in [2.05, 4.69) is 10.2 Å². The minimum atomic E-state index is -4.45. The van der Waals surface area contributed by atoms with Gasteiger partial charge in [0.1, 0.15) is 11.6 Å². The van der Waals surface area contributed by atoms with Crippen LogP contribution in [0.4, 0.5) is 13.2 Å². The van der Waals surface area contributed by atoms with Crippen molar-refractivity contribution < 1.29 is 17.9 Å². The minimum absolute atomic E-state index is 0.110. The summed E-state index contributed by atoms with van der Waals surface area (Å²) in [7, 11) is 0. The van der Waals surface area contributed by atoms with E-state index in [4.69, 9.17) is 10.5 Å². The summed E-state index contributed by atoms with van der Waals surface area (Å²) in [5.74, 6) is -0.592. The first kappa shape index (κ1) is 19.1. The van der Waals surface area contributed by atoms with Crippen LogP contribution in [0.1, 0.15) is 32.4 Å². The Morgan fingerprint density at radius 3 is 2.48 bits per heavy atom. The lowest BCUT2D eigenvalue weighted by atomic mass is 9.83. The second kappa shape index (κ2) is 6.67. The number of nitrogens with two attached hydrogens (primary N) is 1. The molecule has 0 radical (unpaired) electrons. The van der Waals surface area contributed by atoms with Gasteiger partial charge >= 0.3 is 6.18 Å². The molecule has 5 nitrogen and oxygen atoms in total. The van der Waals surface area contributed by atoms with Gasteiger partial charge in [0.05, 0.1) is 22.7 Å². The van der Waals surface area contributed by atoms with E-state index in [0.29, 0.717) is 16.8 Å². The number of nitriles is 1. The van der Waals surface area contributed by atoms with Gasteiger partial charge in [0.25, 0.3) is 0 Å². The zero-order valence-electron chi connectivity index (χ0n) is 15.4. The van der Waals surface area contributed by atoms with Gasteiger partial charge in [-0.15, -0.1) is 16.4 Å². The zero-order chi connectivity index (χ0) is 20.9. The van der Waals surface area contributed by atoms with E-state index < -0.39 is 17.7 Å². The number of nitrogens with one attached hydrogen (secondary N) is 1. The van der Waals surface area contributed by atoms with Crippen LogP contribution in [0.3, 0.4) is 0 Å². The minimum Gasteiger partial charge on any atom is -0.420 e. The van der Waals surface area contributed by atoms with Crippen molar-refractivity contribution in [1.82, 2.24) is 10.2 Å². The number of hydrogen-bond acceptors (Lipinski definition) is 5. The van der Waals surface area contributed by atoms with Crippen LogP contribution in [0.2, 0.25) is 0 Å². The molecule has 1 atom stereocenters. The maximum absolute atomic E-state index is 13.0. The summed E-state index contributed by atoms with van der Waals surface area (Å²) < 4.78 is 44.4. The lowest BCUT2D eigenvalue weighted by Crippen LogP contribution is -2.21. The molecular formula is C20H15F3N4OS. The quantitative estimate of drug-likeness (QED) is 0.616. The number of halogens is 3. The van der Waals surface area contributed by atoms with E-state index in [9.17, 15) is 18.4 Å². The van der Waals surface area contributed by atoms with Gasteiger partial charge in [0.15, 0.2) is 0 Å². The number of allylic oxidation sites excluding steroid dienone is 1. The maximum atomic E-state index is 13.0. The van der Waals surface area contributed by atoms with Crippen LogP contribution in [0, 0.1) is 25.2 Å². The first-order valence-electron chi connectivity index (χ1n) is 8.61. The lowest BCUT2D eigenvalue weighted by Gasteiger charge is -2.24. The number of aromatic nitrogens is 2. The van der Waals surface area contributed by atoms with Crippen molar-refractivity contribution in [3.8, 4) is 23.2 Å². The first-order chi connectivity index (χ1) is 13.7. The Kier molecular flexibility index (Phi) is 4.39. The molecule has 9 heteroatoms.